The van der Waals surface area contributed by atoms with Gasteiger partial charge in [0.1, 0.15) is 0 Å². The van der Waals surface area contributed by atoms with Gasteiger partial charge in [0.05, 0.1) is 6.61 Å². The molecule has 1 aliphatic carbocycles. The zero-order chi connectivity index (χ0) is 13.9. The summed E-state index contributed by atoms with van der Waals surface area (Å²) in [6, 6.07) is 1.23. The van der Waals surface area contributed by atoms with Gasteiger partial charge >= 0.3 is 0 Å². The second-order valence-corrected chi connectivity index (χ2v) is 7.08. The third kappa shape index (κ3) is 4.44. The Balaban J connectivity index is 1.80. The normalized spacial score (nSPS) is 27.2. The second-order valence-electron chi connectivity index (χ2n) is 7.08. The fraction of sp³-hybridized carbons (Fsp3) is 1.00. The van der Waals surface area contributed by atoms with E-state index < -0.39 is 0 Å². The molecule has 1 saturated heterocycles. The third-order valence-electron chi connectivity index (χ3n) is 5.07. The van der Waals surface area contributed by atoms with Gasteiger partial charge in [-0.3, -0.25) is 0 Å². The van der Waals surface area contributed by atoms with Crippen molar-refractivity contribution in [2.24, 2.45) is 5.92 Å². The minimum absolute atomic E-state index is 0.0951. The molecule has 1 heterocycles. The summed E-state index contributed by atoms with van der Waals surface area (Å²) < 4.78 is 0. The van der Waals surface area contributed by atoms with E-state index in [1.807, 2.05) is 0 Å². The molecule has 2 fully saturated rings. The summed E-state index contributed by atoms with van der Waals surface area (Å²) in [5, 5.41) is 13.3. The molecule has 2 unspecified atom stereocenters. The van der Waals surface area contributed by atoms with Gasteiger partial charge in [0.2, 0.25) is 0 Å². The van der Waals surface area contributed by atoms with Crippen LogP contribution >= 0.6 is 0 Å². The highest BCUT2D eigenvalue weighted by Gasteiger charge is 2.34. The quantitative estimate of drug-likeness (QED) is 0.744. The van der Waals surface area contributed by atoms with E-state index in [0.717, 1.165) is 12.3 Å². The number of aliphatic hydroxyl groups is 1. The highest BCUT2D eigenvalue weighted by Crippen LogP contribution is 2.27. The average molecular weight is 268 g/mol. The lowest BCUT2D eigenvalue weighted by atomic mass is 9.90. The lowest BCUT2D eigenvalue weighted by molar-refractivity contribution is 0.0885. The molecule has 0 aromatic carbocycles. The molecule has 3 nitrogen and oxygen atoms in total. The minimum Gasteiger partial charge on any atom is -0.394 e. The fourth-order valence-corrected chi connectivity index (χ4v) is 3.47. The molecule has 2 rings (SSSR count). The summed E-state index contributed by atoms with van der Waals surface area (Å²) in [5.41, 5.74) is -0.0951. The molecule has 2 aliphatic rings. The standard InChI is InChI=1S/C16H32N2O/c1-4-14-7-9-18(10-8-14)13(2)11-16(3,12-19)17-15-5-6-15/h13-15,17,19H,4-12H2,1-3H3. The number of nitrogens with one attached hydrogen (secondary N) is 1. The van der Waals surface area contributed by atoms with Crippen molar-refractivity contribution < 1.29 is 5.11 Å². The molecule has 0 aromatic rings. The molecule has 112 valence electrons. The first-order valence-corrected chi connectivity index (χ1v) is 8.19. The number of aliphatic hydroxyl groups excluding tert-OH is 1. The number of hydrogen-bond acceptors (Lipinski definition) is 3. The van der Waals surface area contributed by atoms with Crippen molar-refractivity contribution in [1.82, 2.24) is 10.2 Å². The van der Waals surface area contributed by atoms with Crippen LogP contribution < -0.4 is 5.32 Å². The van der Waals surface area contributed by atoms with Crippen molar-refractivity contribution in [3.05, 3.63) is 0 Å². The first kappa shape index (κ1) is 15.3. The van der Waals surface area contributed by atoms with Crippen LogP contribution in [0.5, 0.6) is 0 Å². The number of likely N-dealkylation sites (tertiary alicyclic amines) is 1. The molecule has 1 aliphatic heterocycles. The van der Waals surface area contributed by atoms with E-state index in [-0.39, 0.29) is 12.1 Å². The van der Waals surface area contributed by atoms with Crippen LogP contribution in [-0.2, 0) is 0 Å². The van der Waals surface area contributed by atoms with E-state index in [2.05, 4.69) is 31.0 Å². The van der Waals surface area contributed by atoms with Crippen LogP contribution in [0, 0.1) is 5.92 Å². The molecule has 2 N–H and O–H groups in total. The zero-order valence-corrected chi connectivity index (χ0v) is 13.0. The Kier molecular flexibility index (Phi) is 5.27. The number of nitrogens with zero attached hydrogens (tertiary/aromatic N) is 1. The molecular formula is C16H32N2O. The molecule has 0 bridgehead atoms. The maximum absolute atomic E-state index is 9.71. The molecule has 1 saturated carbocycles. The Morgan fingerprint density at radius 3 is 2.37 bits per heavy atom. The second kappa shape index (κ2) is 6.55. The summed E-state index contributed by atoms with van der Waals surface area (Å²) in [5.74, 6) is 0.942. The van der Waals surface area contributed by atoms with Gasteiger partial charge in [0.15, 0.2) is 0 Å². The molecule has 0 aromatic heterocycles. The lowest BCUT2D eigenvalue weighted by Gasteiger charge is -2.40. The smallest absolute Gasteiger partial charge is 0.0611 e. The number of hydrogen-bond donors (Lipinski definition) is 2. The van der Waals surface area contributed by atoms with Crippen LogP contribution in [0.3, 0.4) is 0 Å². The van der Waals surface area contributed by atoms with Gasteiger partial charge < -0.3 is 15.3 Å². The average Bonchev–Trinajstić information content (AvgIpc) is 3.22. The summed E-state index contributed by atoms with van der Waals surface area (Å²) in [6.45, 7) is 9.55. The van der Waals surface area contributed by atoms with Crippen molar-refractivity contribution in [2.75, 3.05) is 19.7 Å². The van der Waals surface area contributed by atoms with Crippen molar-refractivity contribution >= 4 is 0 Å². The lowest BCUT2D eigenvalue weighted by Crippen LogP contribution is -2.52. The fourth-order valence-electron chi connectivity index (χ4n) is 3.47. The van der Waals surface area contributed by atoms with Gasteiger partial charge in [-0.2, -0.15) is 0 Å². The summed E-state index contributed by atoms with van der Waals surface area (Å²) in [4.78, 5) is 2.62. The molecular weight excluding hydrogens is 236 g/mol. The van der Waals surface area contributed by atoms with Gasteiger partial charge in [0, 0.05) is 17.6 Å². The SMILES string of the molecule is CCC1CCN(C(C)CC(C)(CO)NC2CC2)CC1. The summed E-state index contributed by atoms with van der Waals surface area (Å²) in [6.07, 6.45) is 7.66. The Morgan fingerprint density at radius 2 is 1.89 bits per heavy atom. The highest BCUT2D eigenvalue weighted by atomic mass is 16.3. The van der Waals surface area contributed by atoms with Gasteiger partial charge in [-0.05, 0) is 65.0 Å². The van der Waals surface area contributed by atoms with E-state index in [0.29, 0.717) is 12.1 Å². The predicted octanol–water partition coefficient (Wildman–Crippen LogP) is 2.39. The Morgan fingerprint density at radius 1 is 1.26 bits per heavy atom. The first-order valence-electron chi connectivity index (χ1n) is 8.19. The van der Waals surface area contributed by atoms with Gasteiger partial charge in [-0.15, -0.1) is 0 Å². The van der Waals surface area contributed by atoms with Crippen LogP contribution in [-0.4, -0.2) is 47.3 Å². The zero-order valence-electron chi connectivity index (χ0n) is 13.0. The molecule has 3 heteroatoms. The summed E-state index contributed by atoms with van der Waals surface area (Å²) in [7, 11) is 0. The number of piperidine rings is 1. The van der Waals surface area contributed by atoms with Gasteiger partial charge in [0.25, 0.3) is 0 Å². The molecule has 0 spiro atoms. The predicted molar refractivity (Wildman–Crippen MR) is 80.3 cm³/mol. The van der Waals surface area contributed by atoms with Crippen LogP contribution in [0.15, 0.2) is 0 Å². The Labute approximate surface area is 118 Å². The van der Waals surface area contributed by atoms with E-state index >= 15 is 0 Å². The molecule has 19 heavy (non-hydrogen) atoms. The molecule has 2 atom stereocenters. The van der Waals surface area contributed by atoms with Crippen molar-refractivity contribution in [3.8, 4) is 0 Å². The van der Waals surface area contributed by atoms with E-state index in [4.69, 9.17) is 0 Å². The van der Waals surface area contributed by atoms with Crippen LogP contribution in [0.4, 0.5) is 0 Å². The summed E-state index contributed by atoms with van der Waals surface area (Å²) >= 11 is 0. The van der Waals surface area contributed by atoms with E-state index in [1.165, 1.54) is 45.2 Å². The topological polar surface area (TPSA) is 35.5 Å². The van der Waals surface area contributed by atoms with E-state index in [1.54, 1.807) is 0 Å². The van der Waals surface area contributed by atoms with Crippen LogP contribution in [0.25, 0.3) is 0 Å². The minimum atomic E-state index is -0.0951. The van der Waals surface area contributed by atoms with Crippen LogP contribution in [0.1, 0.15) is 59.3 Å². The molecule has 0 amide bonds. The monoisotopic (exact) mass is 268 g/mol. The molecule has 0 radical (unpaired) electrons. The third-order valence-corrected chi connectivity index (χ3v) is 5.07. The van der Waals surface area contributed by atoms with Crippen molar-refractivity contribution in [1.29, 1.82) is 0 Å². The Bertz CT molecular complexity index is 272. The van der Waals surface area contributed by atoms with E-state index in [9.17, 15) is 5.11 Å². The van der Waals surface area contributed by atoms with Gasteiger partial charge in [-0.25, -0.2) is 0 Å². The van der Waals surface area contributed by atoms with Crippen LogP contribution in [0.2, 0.25) is 0 Å². The highest BCUT2D eigenvalue weighted by molar-refractivity contribution is 4.94. The number of rotatable bonds is 7. The maximum Gasteiger partial charge on any atom is 0.0611 e. The van der Waals surface area contributed by atoms with Crippen molar-refractivity contribution in [2.45, 2.75) is 76.9 Å². The maximum atomic E-state index is 9.71. The largest absolute Gasteiger partial charge is 0.394 e. The first-order chi connectivity index (χ1) is 9.06. The van der Waals surface area contributed by atoms with Crippen molar-refractivity contribution in [3.63, 3.8) is 0 Å². The van der Waals surface area contributed by atoms with Gasteiger partial charge in [-0.1, -0.05) is 13.3 Å². The Hall–Kier alpha value is -0.120.